The maximum Gasteiger partial charge on any atom is 0.0716 e. The molecule has 2 heterocycles. The summed E-state index contributed by atoms with van der Waals surface area (Å²) in [6, 6.07) is 8.00. The van der Waals surface area contributed by atoms with E-state index >= 15 is 0 Å². The van der Waals surface area contributed by atoms with Crippen LogP contribution in [0.4, 0.5) is 5.69 Å². The molecule has 0 amide bonds. The van der Waals surface area contributed by atoms with Gasteiger partial charge in [0.15, 0.2) is 0 Å². The largest absolute Gasteiger partial charge is 0.392 e. The lowest BCUT2D eigenvalue weighted by atomic mass is 10.1. The Morgan fingerprint density at radius 2 is 2.22 bits per heavy atom. The molecule has 0 unspecified atom stereocenters. The molecule has 0 spiro atoms. The van der Waals surface area contributed by atoms with Crippen LogP contribution in [0.5, 0.6) is 0 Å². The molecular formula is C14H14ClNOS. The smallest absolute Gasteiger partial charge is 0.0716 e. The van der Waals surface area contributed by atoms with Crippen LogP contribution in [-0.4, -0.2) is 11.7 Å². The molecule has 0 saturated heterocycles. The van der Waals surface area contributed by atoms with Crippen LogP contribution >= 0.6 is 22.9 Å². The van der Waals surface area contributed by atoms with E-state index in [1.165, 1.54) is 10.4 Å². The van der Waals surface area contributed by atoms with Gasteiger partial charge < -0.3 is 10.0 Å². The Hall–Kier alpha value is -1.03. The zero-order valence-electron chi connectivity index (χ0n) is 9.90. The third kappa shape index (κ3) is 2.03. The van der Waals surface area contributed by atoms with E-state index in [1.54, 1.807) is 0 Å². The Morgan fingerprint density at radius 3 is 3.06 bits per heavy atom. The minimum Gasteiger partial charge on any atom is -0.392 e. The number of thiophene rings is 1. The summed E-state index contributed by atoms with van der Waals surface area (Å²) >= 11 is 7.98. The lowest BCUT2D eigenvalue weighted by molar-refractivity contribution is 0.282. The lowest BCUT2D eigenvalue weighted by Crippen LogP contribution is -2.30. The summed E-state index contributed by atoms with van der Waals surface area (Å²) in [5.74, 6) is 0. The van der Waals surface area contributed by atoms with Gasteiger partial charge in [0.05, 0.1) is 6.61 Å². The van der Waals surface area contributed by atoms with E-state index in [0.717, 1.165) is 30.8 Å². The van der Waals surface area contributed by atoms with Gasteiger partial charge >= 0.3 is 0 Å². The van der Waals surface area contributed by atoms with Crippen molar-refractivity contribution in [3.05, 3.63) is 50.7 Å². The van der Waals surface area contributed by atoms with Crippen LogP contribution in [-0.2, 0) is 19.6 Å². The predicted molar refractivity (Wildman–Crippen MR) is 76.4 cm³/mol. The molecule has 1 aromatic carbocycles. The maximum atomic E-state index is 9.48. The van der Waals surface area contributed by atoms with Crippen molar-refractivity contribution in [1.29, 1.82) is 0 Å². The van der Waals surface area contributed by atoms with Crippen LogP contribution in [0.3, 0.4) is 0 Å². The number of aliphatic hydroxyl groups is 1. The minimum absolute atomic E-state index is 0.0119. The number of halogens is 1. The van der Waals surface area contributed by atoms with E-state index in [-0.39, 0.29) is 6.61 Å². The predicted octanol–water partition coefficient (Wildman–Crippen LogP) is 3.46. The Bertz CT molecular complexity index is 567. The van der Waals surface area contributed by atoms with Crippen molar-refractivity contribution in [3.8, 4) is 0 Å². The van der Waals surface area contributed by atoms with Gasteiger partial charge in [0.1, 0.15) is 0 Å². The number of hydrogen-bond acceptors (Lipinski definition) is 3. The number of rotatable bonds is 2. The maximum absolute atomic E-state index is 9.48. The van der Waals surface area contributed by atoms with E-state index in [1.807, 2.05) is 29.5 Å². The summed E-state index contributed by atoms with van der Waals surface area (Å²) in [7, 11) is 0. The molecule has 0 aliphatic carbocycles. The van der Waals surface area contributed by atoms with Crippen molar-refractivity contribution in [2.75, 3.05) is 11.4 Å². The van der Waals surface area contributed by atoms with Crippen molar-refractivity contribution in [3.63, 3.8) is 0 Å². The highest BCUT2D eigenvalue weighted by Crippen LogP contribution is 2.32. The molecule has 2 aromatic rings. The summed E-state index contributed by atoms with van der Waals surface area (Å²) in [6.07, 6.45) is 1.07. The average Bonchev–Trinajstić information content (AvgIpc) is 2.85. The van der Waals surface area contributed by atoms with Gasteiger partial charge in [-0.15, -0.1) is 11.3 Å². The van der Waals surface area contributed by atoms with E-state index in [4.69, 9.17) is 11.6 Å². The lowest BCUT2D eigenvalue weighted by Gasteiger charge is -2.30. The molecule has 4 heteroatoms. The van der Waals surface area contributed by atoms with Crippen molar-refractivity contribution in [1.82, 2.24) is 0 Å². The second-order valence-corrected chi connectivity index (χ2v) is 5.84. The second-order valence-electron chi connectivity index (χ2n) is 4.44. The summed E-state index contributed by atoms with van der Waals surface area (Å²) < 4.78 is 0. The van der Waals surface area contributed by atoms with Gasteiger partial charge in [0.2, 0.25) is 0 Å². The SMILES string of the molecule is OCc1c(Cl)cccc1N1CCc2sccc2C1. The topological polar surface area (TPSA) is 23.5 Å². The van der Waals surface area contributed by atoms with Crippen molar-refractivity contribution in [2.45, 2.75) is 19.6 Å². The van der Waals surface area contributed by atoms with Crippen LogP contribution in [0.25, 0.3) is 0 Å². The highest BCUT2D eigenvalue weighted by molar-refractivity contribution is 7.10. The Morgan fingerprint density at radius 1 is 1.33 bits per heavy atom. The highest BCUT2D eigenvalue weighted by atomic mass is 35.5. The minimum atomic E-state index is -0.0119. The molecule has 0 atom stereocenters. The standard InChI is InChI=1S/C14H14ClNOS/c15-12-2-1-3-13(11(12)9-17)16-6-4-14-10(8-16)5-7-18-14/h1-3,5,7,17H,4,6,8-9H2. The molecule has 3 rings (SSSR count). The molecule has 0 fully saturated rings. The molecule has 0 saturated carbocycles. The zero-order chi connectivity index (χ0) is 12.5. The molecule has 1 aliphatic heterocycles. The quantitative estimate of drug-likeness (QED) is 0.910. The molecule has 1 aliphatic rings. The fourth-order valence-electron chi connectivity index (χ4n) is 2.45. The van der Waals surface area contributed by atoms with Crippen LogP contribution in [0.15, 0.2) is 29.6 Å². The van der Waals surface area contributed by atoms with Crippen LogP contribution in [0, 0.1) is 0 Å². The van der Waals surface area contributed by atoms with E-state index in [9.17, 15) is 5.11 Å². The van der Waals surface area contributed by atoms with Crippen LogP contribution < -0.4 is 4.90 Å². The van der Waals surface area contributed by atoms with Gasteiger partial charge in [-0.1, -0.05) is 17.7 Å². The zero-order valence-corrected chi connectivity index (χ0v) is 11.5. The van der Waals surface area contributed by atoms with Gasteiger partial charge in [-0.05, 0) is 35.6 Å². The van der Waals surface area contributed by atoms with Gasteiger partial charge in [-0.3, -0.25) is 0 Å². The fraction of sp³-hybridized carbons (Fsp3) is 0.286. The average molecular weight is 280 g/mol. The van der Waals surface area contributed by atoms with Gasteiger partial charge in [0.25, 0.3) is 0 Å². The molecule has 1 aromatic heterocycles. The third-order valence-corrected chi connectivity index (χ3v) is 4.78. The number of fused-ring (bicyclic) bond motifs is 1. The molecular weight excluding hydrogens is 266 g/mol. The second kappa shape index (κ2) is 4.92. The number of hydrogen-bond donors (Lipinski definition) is 1. The number of nitrogens with zero attached hydrogens (tertiary/aromatic N) is 1. The van der Waals surface area contributed by atoms with Gasteiger partial charge in [0, 0.05) is 34.2 Å². The van der Waals surface area contributed by atoms with Crippen LogP contribution in [0.1, 0.15) is 16.0 Å². The highest BCUT2D eigenvalue weighted by Gasteiger charge is 2.20. The van der Waals surface area contributed by atoms with E-state index in [0.29, 0.717) is 5.02 Å². The molecule has 0 bridgehead atoms. The third-order valence-electron chi connectivity index (χ3n) is 3.40. The number of anilines is 1. The first-order chi connectivity index (χ1) is 8.79. The van der Waals surface area contributed by atoms with E-state index < -0.39 is 0 Å². The normalized spacial score (nSPS) is 14.7. The number of aliphatic hydroxyl groups excluding tert-OH is 1. The van der Waals surface area contributed by atoms with Gasteiger partial charge in [-0.25, -0.2) is 0 Å². The summed E-state index contributed by atoms with van der Waals surface area (Å²) in [5, 5.41) is 12.3. The van der Waals surface area contributed by atoms with Crippen molar-refractivity contribution >= 4 is 28.6 Å². The molecule has 94 valence electrons. The Kier molecular flexibility index (Phi) is 3.29. The Labute approximate surface area is 115 Å². The molecule has 2 nitrogen and oxygen atoms in total. The monoisotopic (exact) mass is 279 g/mol. The molecule has 1 N–H and O–H groups in total. The summed E-state index contributed by atoms with van der Waals surface area (Å²) in [5.41, 5.74) is 3.29. The first-order valence-corrected chi connectivity index (χ1v) is 7.24. The first kappa shape index (κ1) is 12.0. The van der Waals surface area contributed by atoms with Crippen molar-refractivity contribution in [2.24, 2.45) is 0 Å². The van der Waals surface area contributed by atoms with Gasteiger partial charge in [-0.2, -0.15) is 0 Å². The number of benzene rings is 1. The molecule has 0 radical (unpaired) electrons. The first-order valence-electron chi connectivity index (χ1n) is 5.98. The van der Waals surface area contributed by atoms with E-state index in [2.05, 4.69) is 16.3 Å². The van der Waals surface area contributed by atoms with Crippen molar-refractivity contribution < 1.29 is 5.11 Å². The summed E-state index contributed by atoms with van der Waals surface area (Å²) in [6.45, 7) is 1.88. The van der Waals surface area contributed by atoms with Crippen LogP contribution in [0.2, 0.25) is 5.02 Å². The molecule has 18 heavy (non-hydrogen) atoms. The fourth-order valence-corrected chi connectivity index (χ4v) is 3.57. The Balaban J connectivity index is 1.95. The summed E-state index contributed by atoms with van der Waals surface area (Å²) in [4.78, 5) is 3.78.